The summed E-state index contributed by atoms with van der Waals surface area (Å²) in [5.41, 5.74) is 8.34. The largest absolute Gasteiger partial charge is 0.248 e. The van der Waals surface area contributed by atoms with Crippen molar-refractivity contribution < 1.29 is 0 Å². The van der Waals surface area contributed by atoms with Gasteiger partial charge in [-0.1, -0.05) is 97.1 Å². The minimum Gasteiger partial charge on any atom is -0.248 e. The number of hydrogen-bond acceptors (Lipinski definition) is 4. The van der Waals surface area contributed by atoms with Crippen LogP contribution in [0.15, 0.2) is 133 Å². The molecular weight excluding hydrogens is 464 g/mol. The van der Waals surface area contributed by atoms with Crippen molar-refractivity contribution in [2.75, 3.05) is 0 Å². The zero-order valence-electron chi connectivity index (χ0n) is 20.5. The summed E-state index contributed by atoms with van der Waals surface area (Å²) < 4.78 is 0. The van der Waals surface area contributed by atoms with E-state index in [9.17, 15) is 0 Å². The summed E-state index contributed by atoms with van der Waals surface area (Å²) in [6.07, 6.45) is 0. The molecule has 0 spiro atoms. The molecule has 3 aromatic heterocycles. The first kappa shape index (κ1) is 22.0. The van der Waals surface area contributed by atoms with Gasteiger partial charge in [0.15, 0.2) is 5.82 Å². The minimum atomic E-state index is 0.598. The fourth-order valence-electron chi connectivity index (χ4n) is 4.72. The predicted molar refractivity (Wildman–Crippen MR) is 154 cm³/mol. The van der Waals surface area contributed by atoms with Crippen molar-refractivity contribution in [2.24, 2.45) is 0 Å². The fraction of sp³-hybridized carbons (Fsp3) is 0. The Morgan fingerprint density at radius 3 is 1.55 bits per heavy atom. The number of para-hydroxylation sites is 2. The Morgan fingerprint density at radius 2 is 0.842 bits per heavy atom. The lowest BCUT2D eigenvalue weighted by atomic mass is 10.0. The Bertz CT molecular complexity index is 1930. The first-order chi connectivity index (χ1) is 18.8. The summed E-state index contributed by atoms with van der Waals surface area (Å²) in [6, 6.07) is 45.1. The van der Waals surface area contributed by atoms with Crippen LogP contribution < -0.4 is 0 Å². The molecule has 0 saturated heterocycles. The van der Waals surface area contributed by atoms with E-state index in [1.165, 1.54) is 0 Å². The molecule has 4 heteroatoms. The molecule has 0 bridgehead atoms. The molecule has 178 valence electrons. The van der Waals surface area contributed by atoms with E-state index in [1.54, 1.807) is 0 Å². The number of rotatable bonds is 4. The smallest absolute Gasteiger partial charge is 0.179 e. The van der Waals surface area contributed by atoms with Gasteiger partial charge < -0.3 is 0 Å². The standard InChI is InChI=1S/C34H22N4/c1-2-9-23(10-3-1)32-22-33(38-34(37-32)31-20-18-25-12-5-7-16-29(25)36-31)27-14-8-13-26(21-27)30-19-17-24-11-4-6-15-28(24)35-30/h1-22H. The van der Waals surface area contributed by atoms with E-state index < -0.39 is 0 Å². The summed E-state index contributed by atoms with van der Waals surface area (Å²) in [5, 5.41) is 2.22. The third-order valence-corrected chi connectivity index (χ3v) is 6.68. The lowest BCUT2D eigenvalue weighted by Gasteiger charge is -2.11. The average Bonchev–Trinajstić information content (AvgIpc) is 3.01. The second-order valence-corrected chi connectivity index (χ2v) is 9.19. The van der Waals surface area contributed by atoms with Gasteiger partial charge in [-0.05, 0) is 36.4 Å². The third-order valence-electron chi connectivity index (χ3n) is 6.68. The van der Waals surface area contributed by atoms with Gasteiger partial charge in [0.1, 0.15) is 5.69 Å². The number of fused-ring (bicyclic) bond motifs is 2. The first-order valence-corrected chi connectivity index (χ1v) is 12.6. The summed E-state index contributed by atoms with van der Waals surface area (Å²) in [5.74, 6) is 0.598. The van der Waals surface area contributed by atoms with Gasteiger partial charge in [-0.15, -0.1) is 0 Å². The number of hydrogen-bond donors (Lipinski definition) is 0. The minimum absolute atomic E-state index is 0.598. The van der Waals surface area contributed by atoms with Crippen LogP contribution in [-0.2, 0) is 0 Å². The van der Waals surface area contributed by atoms with Crippen LogP contribution in [0.4, 0.5) is 0 Å². The highest BCUT2D eigenvalue weighted by Crippen LogP contribution is 2.30. The molecule has 4 aromatic carbocycles. The predicted octanol–water partition coefficient (Wildman–Crippen LogP) is 8.24. The summed E-state index contributed by atoms with van der Waals surface area (Å²) in [6.45, 7) is 0. The zero-order chi connectivity index (χ0) is 25.3. The third kappa shape index (κ3) is 4.18. The normalized spacial score (nSPS) is 11.2. The SMILES string of the molecule is c1ccc(-c2cc(-c3cccc(-c4ccc5ccccc5n4)c3)nc(-c3ccc4ccccc4n3)n2)cc1. The van der Waals surface area contributed by atoms with Crippen LogP contribution in [0.25, 0.3) is 67.1 Å². The van der Waals surface area contributed by atoms with Gasteiger partial charge in [-0.25, -0.2) is 19.9 Å². The highest BCUT2D eigenvalue weighted by molar-refractivity contribution is 5.83. The monoisotopic (exact) mass is 486 g/mol. The molecule has 7 aromatic rings. The van der Waals surface area contributed by atoms with Crippen LogP contribution in [0.2, 0.25) is 0 Å². The maximum absolute atomic E-state index is 5.00. The molecule has 0 N–H and O–H groups in total. The Labute approximate surface area is 220 Å². The maximum atomic E-state index is 5.00. The number of benzene rings is 4. The van der Waals surface area contributed by atoms with E-state index >= 15 is 0 Å². The van der Waals surface area contributed by atoms with Gasteiger partial charge in [0.25, 0.3) is 0 Å². The summed E-state index contributed by atoms with van der Waals surface area (Å²) >= 11 is 0. The van der Waals surface area contributed by atoms with Crippen LogP contribution in [0.5, 0.6) is 0 Å². The highest BCUT2D eigenvalue weighted by atomic mass is 14.9. The van der Waals surface area contributed by atoms with Crippen molar-refractivity contribution in [3.05, 3.63) is 133 Å². The Balaban J connectivity index is 1.37. The molecule has 0 saturated carbocycles. The van der Waals surface area contributed by atoms with Crippen molar-refractivity contribution in [2.45, 2.75) is 0 Å². The zero-order valence-corrected chi connectivity index (χ0v) is 20.5. The van der Waals surface area contributed by atoms with E-state index in [1.807, 2.05) is 66.7 Å². The molecule has 3 heterocycles. The molecule has 0 amide bonds. The lowest BCUT2D eigenvalue weighted by molar-refractivity contribution is 1.16. The second kappa shape index (κ2) is 9.34. The molecule has 7 rings (SSSR count). The molecule has 0 aliphatic heterocycles. The number of nitrogens with zero attached hydrogens (tertiary/aromatic N) is 4. The van der Waals surface area contributed by atoms with Gasteiger partial charge in [-0.2, -0.15) is 0 Å². The molecular formula is C34H22N4. The van der Waals surface area contributed by atoms with Gasteiger partial charge in [-0.3, -0.25) is 0 Å². The van der Waals surface area contributed by atoms with Gasteiger partial charge >= 0.3 is 0 Å². The van der Waals surface area contributed by atoms with Crippen molar-refractivity contribution in [1.82, 2.24) is 19.9 Å². The Kier molecular flexibility index (Phi) is 5.41. The Hall–Kier alpha value is -5.22. The molecule has 4 nitrogen and oxygen atoms in total. The fourth-order valence-corrected chi connectivity index (χ4v) is 4.72. The van der Waals surface area contributed by atoms with E-state index in [2.05, 4.69) is 66.7 Å². The van der Waals surface area contributed by atoms with Gasteiger partial charge in [0.2, 0.25) is 0 Å². The second-order valence-electron chi connectivity index (χ2n) is 9.19. The highest BCUT2D eigenvalue weighted by Gasteiger charge is 2.13. The van der Waals surface area contributed by atoms with Crippen molar-refractivity contribution in [3.63, 3.8) is 0 Å². The molecule has 0 aliphatic rings. The van der Waals surface area contributed by atoms with Crippen molar-refractivity contribution in [1.29, 1.82) is 0 Å². The molecule has 0 radical (unpaired) electrons. The van der Waals surface area contributed by atoms with Crippen LogP contribution in [-0.4, -0.2) is 19.9 Å². The molecule has 38 heavy (non-hydrogen) atoms. The molecule has 0 atom stereocenters. The van der Waals surface area contributed by atoms with E-state index in [-0.39, 0.29) is 0 Å². The lowest BCUT2D eigenvalue weighted by Crippen LogP contribution is -1.98. The quantitative estimate of drug-likeness (QED) is 0.251. The van der Waals surface area contributed by atoms with Gasteiger partial charge in [0.05, 0.1) is 28.1 Å². The molecule has 0 unspecified atom stereocenters. The average molecular weight is 487 g/mol. The van der Waals surface area contributed by atoms with E-state index in [0.29, 0.717) is 5.82 Å². The topological polar surface area (TPSA) is 51.6 Å². The van der Waals surface area contributed by atoms with Crippen LogP contribution >= 0.6 is 0 Å². The number of aromatic nitrogens is 4. The maximum Gasteiger partial charge on any atom is 0.179 e. The van der Waals surface area contributed by atoms with Crippen LogP contribution in [0.3, 0.4) is 0 Å². The number of pyridine rings is 2. The summed E-state index contributed by atoms with van der Waals surface area (Å²) in [4.78, 5) is 19.7. The molecule has 0 fully saturated rings. The Morgan fingerprint density at radius 1 is 0.316 bits per heavy atom. The van der Waals surface area contributed by atoms with Crippen molar-refractivity contribution >= 4 is 21.8 Å². The van der Waals surface area contributed by atoms with Crippen LogP contribution in [0, 0.1) is 0 Å². The van der Waals surface area contributed by atoms with Crippen LogP contribution in [0.1, 0.15) is 0 Å². The van der Waals surface area contributed by atoms with Gasteiger partial charge in [0, 0.05) is 27.5 Å². The molecule has 0 aliphatic carbocycles. The first-order valence-electron chi connectivity index (χ1n) is 12.6. The summed E-state index contributed by atoms with van der Waals surface area (Å²) in [7, 11) is 0. The van der Waals surface area contributed by atoms with E-state index in [0.717, 1.165) is 61.3 Å². The van der Waals surface area contributed by atoms with Crippen molar-refractivity contribution in [3.8, 4) is 45.3 Å². The van der Waals surface area contributed by atoms with E-state index in [4.69, 9.17) is 19.9 Å².